The molecule has 20 heavy (non-hydrogen) atoms. The summed E-state index contributed by atoms with van der Waals surface area (Å²) in [5.74, 6) is -0.588. The Hall–Kier alpha value is -0.720. The summed E-state index contributed by atoms with van der Waals surface area (Å²) in [7, 11) is 0. The molecule has 1 aromatic heterocycles. The number of hydrogen-bond acceptors (Lipinski definition) is 2. The van der Waals surface area contributed by atoms with Crippen LogP contribution in [0.3, 0.4) is 0 Å². The highest BCUT2D eigenvalue weighted by Gasteiger charge is 2.18. The van der Waals surface area contributed by atoms with Crippen molar-refractivity contribution in [3.05, 3.63) is 54.8 Å². The second kappa shape index (κ2) is 6.83. The van der Waals surface area contributed by atoms with E-state index in [-0.39, 0.29) is 5.91 Å². The highest BCUT2D eigenvalue weighted by Crippen LogP contribution is 2.25. The van der Waals surface area contributed by atoms with Gasteiger partial charge in [-0.05, 0) is 69.1 Å². The molecule has 0 saturated carbocycles. The molecular weight excluding hydrogens is 409 g/mol. The minimum atomic E-state index is -0.411. The number of halogens is 3. The number of nitrogens with zero attached hydrogens (tertiary/aromatic N) is 1. The average Bonchev–Trinajstić information content (AvgIpc) is 2.83. The minimum Gasteiger partial charge on any atom is -0.334 e. The number of thiophene rings is 1. The van der Waals surface area contributed by atoms with Crippen molar-refractivity contribution in [3.8, 4) is 0 Å². The molecule has 0 unspecified atom stereocenters. The zero-order chi connectivity index (χ0) is 14.7. The summed E-state index contributed by atoms with van der Waals surface area (Å²) < 4.78 is 14.9. The molecule has 6 heteroatoms. The van der Waals surface area contributed by atoms with Crippen LogP contribution in [0.2, 0.25) is 0 Å². The first-order valence-corrected chi connectivity index (χ1v) is 8.40. The molecule has 0 atom stereocenters. The van der Waals surface area contributed by atoms with Crippen LogP contribution in [0.15, 0.2) is 38.6 Å². The molecule has 0 aliphatic rings. The lowest BCUT2D eigenvalue weighted by atomic mass is 10.2. The van der Waals surface area contributed by atoms with Gasteiger partial charge >= 0.3 is 0 Å². The molecule has 1 amide bonds. The van der Waals surface area contributed by atoms with Gasteiger partial charge in [-0.2, -0.15) is 0 Å². The maximum Gasteiger partial charge on any atom is 0.255 e. The third-order valence-electron chi connectivity index (χ3n) is 2.80. The van der Waals surface area contributed by atoms with Crippen molar-refractivity contribution in [2.45, 2.75) is 13.5 Å². The number of carbonyl (C=O) groups excluding carboxylic acids is 1. The fourth-order valence-electron chi connectivity index (χ4n) is 1.78. The number of hydrogen-bond donors (Lipinski definition) is 0. The predicted octanol–water partition coefficient (Wildman–Crippen LogP) is 5.07. The lowest BCUT2D eigenvalue weighted by molar-refractivity contribution is 0.0753. The highest BCUT2D eigenvalue weighted by molar-refractivity contribution is 9.11. The Bertz CT molecular complexity index is 629. The fraction of sp³-hybridized carbons (Fsp3) is 0.214. The van der Waals surface area contributed by atoms with E-state index in [1.807, 2.05) is 19.1 Å². The number of benzene rings is 1. The van der Waals surface area contributed by atoms with E-state index >= 15 is 0 Å². The number of carbonyl (C=O) groups is 1. The fourth-order valence-corrected chi connectivity index (χ4v) is 3.70. The van der Waals surface area contributed by atoms with Gasteiger partial charge in [-0.3, -0.25) is 4.79 Å². The van der Waals surface area contributed by atoms with Crippen LogP contribution in [0.25, 0.3) is 0 Å². The Morgan fingerprint density at radius 1 is 1.30 bits per heavy atom. The maximum atomic E-state index is 13.3. The summed E-state index contributed by atoms with van der Waals surface area (Å²) in [4.78, 5) is 15.3. The van der Waals surface area contributed by atoms with Crippen molar-refractivity contribution in [2.75, 3.05) is 6.54 Å². The minimum absolute atomic E-state index is 0.177. The first-order valence-electron chi connectivity index (χ1n) is 5.99. The van der Waals surface area contributed by atoms with Gasteiger partial charge in [0.25, 0.3) is 5.91 Å². The molecule has 1 heterocycles. The number of amides is 1. The van der Waals surface area contributed by atoms with Gasteiger partial charge in [0.2, 0.25) is 0 Å². The predicted molar refractivity (Wildman–Crippen MR) is 86.5 cm³/mol. The molecule has 0 aliphatic carbocycles. The van der Waals surface area contributed by atoms with Gasteiger partial charge in [-0.1, -0.05) is 0 Å². The molecule has 0 saturated heterocycles. The van der Waals surface area contributed by atoms with Crippen LogP contribution < -0.4 is 0 Å². The molecule has 0 aliphatic heterocycles. The topological polar surface area (TPSA) is 20.3 Å². The lowest BCUT2D eigenvalue weighted by Crippen LogP contribution is -2.30. The van der Waals surface area contributed by atoms with Crippen LogP contribution in [0.5, 0.6) is 0 Å². The second-order valence-corrected chi connectivity index (χ2v) is 7.55. The van der Waals surface area contributed by atoms with Crippen LogP contribution in [-0.4, -0.2) is 17.4 Å². The smallest absolute Gasteiger partial charge is 0.255 e. The van der Waals surface area contributed by atoms with Gasteiger partial charge in [0.15, 0.2) is 0 Å². The van der Waals surface area contributed by atoms with Gasteiger partial charge in [-0.25, -0.2) is 4.39 Å². The molecule has 2 rings (SSSR count). The summed E-state index contributed by atoms with van der Waals surface area (Å²) in [6.07, 6.45) is 0. The monoisotopic (exact) mass is 419 g/mol. The van der Waals surface area contributed by atoms with E-state index in [0.29, 0.717) is 23.1 Å². The van der Waals surface area contributed by atoms with Gasteiger partial charge in [-0.15, -0.1) is 11.3 Å². The van der Waals surface area contributed by atoms with Crippen molar-refractivity contribution >= 4 is 49.1 Å². The highest BCUT2D eigenvalue weighted by atomic mass is 79.9. The van der Waals surface area contributed by atoms with Crippen molar-refractivity contribution in [3.63, 3.8) is 0 Å². The Kier molecular flexibility index (Phi) is 5.35. The first kappa shape index (κ1) is 15.7. The van der Waals surface area contributed by atoms with Gasteiger partial charge in [0, 0.05) is 15.9 Å². The third-order valence-corrected chi connectivity index (χ3v) is 5.10. The maximum absolute atomic E-state index is 13.3. The van der Waals surface area contributed by atoms with Crippen LogP contribution in [0.4, 0.5) is 4.39 Å². The van der Waals surface area contributed by atoms with E-state index in [2.05, 4.69) is 31.9 Å². The van der Waals surface area contributed by atoms with E-state index in [0.717, 1.165) is 8.66 Å². The normalized spacial score (nSPS) is 10.6. The van der Waals surface area contributed by atoms with Crippen LogP contribution in [-0.2, 0) is 6.54 Å². The van der Waals surface area contributed by atoms with Gasteiger partial charge in [0.1, 0.15) is 5.82 Å². The molecule has 0 radical (unpaired) electrons. The molecule has 0 bridgehead atoms. The van der Waals surface area contributed by atoms with E-state index < -0.39 is 5.82 Å². The van der Waals surface area contributed by atoms with Gasteiger partial charge < -0.3 is 4.90 Å². The Labute approximate surface area is 137 Å². The molecule has 0 fully saturated rings. The van der Waals surface area contributed by atoms with Crippen LogP contribution in [0.1, 0.15) is 22.2 Å². The van der Waals surface area contributed by atoms with Crippen LogP contribution >= 0.6 is 43.2 Å². The summed E-state index contributed by atoms with van der Waals surface area (Å²) in [6, 6.07) is 8.08. The van der Waals surface area contributed by atoms with E-state index in [4.69, 9.17) is 0 Å². The van der Waals surface area contributed by atoms with E-state index in [1.165, 1.54) is 12.1 Å². The van der Waals surface area contributed by atoms with Crippen molar-refractivity contribution in [2.24, 2.45) is 0 Å². The molecule has 2 nitrogen and oxygen atoms in total. The van der Waals surface area contributed by atoms with Crippen molar-refractivity contribution in [1.82, 2.24) is 4.90 Å². The zero-order valence-electron chi connectivity index (χ0n) is 10.7. The summed E-state index contributed by atoms with van der Waals surface area (Å²) in [5, 5.41) is 0. The summed E-state index contributed by atoms with van der Waals surface area (Å²) in [6.45, 7) is 3.00. The quantitative estimate of drug-likeness (QED) is 0.675. The lowest BCUT2D eigenvalue weighted by Gasteiger charge is -2.20. The average molecular weight is 421 g/mol. The molecule has 106 valence electrons. The Morgan fingerprint density at radius 3 is 2.65 bits per heavy atom. The number of rotatable bonds is 4. The SMILES string of the molecule is CCN(Cc1ccc(Br)s1)C(=O)c1cc(F)ccc1Br. The molecular formula is C14H12Br2FNOS. The standard InChI is InChI=1S/C14H12Br2FNOS/c1-2-18(8-10-4-6-13(16)20-10)14(19)11-7-9(17)3-5-12(11)15/h3-7H,2,8H2,1H3. The molecule has 2 aromatic rings. The van der Waals surface area contributed by atoms with Crippen molar-refractivity contribution in [1.29, 1.82) is 0 Å². The summed E-state index contributed by atoms with van der Waals surface area (Å²) >= 11 is 8.29. The van der Waals surface area contributed by atoms with Crippen molar-refractivity contribution < 1.29 is 9.18 Å². The van der Waals surface area contributed by atoms with Crippen LogP contribution in [0, 0.1) is 5.82 Å². The Morgan fingerprint density at radius 2 is 2.05 bits per heavy atom. The molecule has 1 aromatic carbocycles. The van der Waals surface area contributed by atoms with E-state index in [1.54, 1.807) is 22.3 Å². The van der Waals surface area contributed by atoms with Gasteiger partial charge in [0.05, 0.1) is 15.9 Å². The first-order chi connectivity index (χ1) is 9.51. The second-order valence-electron chi connectivity index (χ2n) is 4.15. The van der Waals surface area contributed by atoms with E-state index in [9.17, 15) is 9.18 Å². The molecule has 0 spiro atoms. The largest absolute Gasteiger partial charge is 0.334 e. The Balaban J connectivity index is 2.22. The third kappa shape index (κ3) is 3.68. The summed E-state index contributed by atoms with van der Waals surface area (Å²) in [5.41, 5.74) is 0.350. The zero-order valence-corrected chi connectivity index (χ0v) is 14.7. The molecule has 0 N–H and O–H groups in total.